The molecule has 29 heavy (non-hydrogen) atoms. The minimum Gasteiger partial charge on any atom is -0.473 e. The molecule has 1 aliphatic rings. The van der Waals surface area contributed by atoms with Crippen molar-refractivity contribution in [3.63, 3.8) is 0 Å². The van der Waals surface area contributed by atoms with Crippen molar-refractivity contribution in [2.24, 2.45) is 0 Å². The van der Waals surface area contributed by atoms with Crippen molar-refractivity contribution >= 4 is 22.8 Å². The molecule has 1 aliphatic heterocycles. The summed E-state index contributed by atoms with van der Waals surface area (Å²) in [4.78, 5) is 24.2. The topological polar surface area (TPSA) is 103 Å². The summed E-state index contributed by atoms with van der Waals surface area (Å²) >= 11 is 0. The van der Waals surface area contributed by atoms with Crippen LogP contribution in [0.15, 0.2) is 54.6 Å². The van der Waals surface area contributed by atoms with E-state index in [1.54, 1.807) is 0 Å². The summed E-state index contributed by atoms with van der Waals surface area (Å²) in [6, 6.07) is 19.6. The Bertz CT molecular complexity index is 971. The van der Waals surface area contributed by atoms with Gasteiger partial charge in [0.05, 0.1) is 13.2 Å². The first-order chi connectivity index (χ1) is 14.0. The molecule has 0 saturated carbocycles. The summed E-state index contributed by atoms with van der Waals surface area (Å²) < 4.78 is 5.71. The summed E-state index contributed by atoms with van der Waals surface area (Å²) in [7, 11) is 2.20. The Morgan fingerprint density at radius 2 is 1.72 bits per heavy atom. The van der Waals surface area contributed by atoms with Crippen LogP contribution in [0, 0.1) is 0 Å². The van der Waals surface area contributed by atoms with Gasteiger partial charge in [0, 0.05) is 29.2 Å². The molecule has 1 unspecified atom stereocenters. The first-order valence-corrected chi connectivity index (χ1v) is 9.36. The van der Waals surface area contributed by atoms with E-state index in [1.807, 2.05) is 0 Å². The maximum Gasteiger partial charge on any atom is 0.414 e. The highest BCUT2D eigenvalue weighted by Crippen LogP contribution is 2.32. The maximum atomic E-state index is 9.10. The van der Waals surface area contributed by atoms with Crippen LogP contribution in [-0.2, 0) is 20.7 Å². The number of rotatable bonds is 3. The lowest BCUT2D eigenvalue weighted by Gasteiger charge is -2.32. The molecule has 1 fully saturated rings. The summed E-state index contributed by atoms with van der Waals surface area (Å²) in [6.45, 7) is 2.66. The van der Waals surface area contributed by atoms with E-state index in [0.717, 1.165) is 26.2 Å². The molecule has 0 radical (unpaired) electrons. The molecule has 0 spiro atoms. The Kier molecular flexibility index (Phi) is 6.64. The van der Waals surface area contributed by atoms with Gasteiger partial charge in [-0.1, -0.05) is 48.5 Å². The molecule has 2 heterocycles. The Morgan fingerprint density at radius 3 is 2.38 bits per heavy atom. The minimum absolute atomic E-state index is 0.436. The highest BCUT2D eigenvalue weighted by atomic mass is 16.5. The Hall–Kier alpha value is -3.16. The number of hydrogen-bond acceptors (Lipinski definition) is 4. The van der Waals surface area contributed by atoms with Gasteiger partial charge in [-0.2, -0.15) is 0 Å². The largest absolute Gasteiger partial charge is 0.473 e. The number of hydrogen-bond donors (Lipinski definition) is 3. The minimum atomic E-state index is -1.82. The van der Waals surface area contributed by atoms with Crippen molar-refractivity contribution in [2.45, 2.75) is 12.5 Å². The number of benzene rings is 2. The fraction of sp³-hybridized carbons (Fsp3) is 0.273. The van der Waals surface area contributed by atoms with Gasteiger partial charge in [-0.05, 0) is 30.7 Å². The number of likely N-dealkylation sites (N-methyl/N-ethyl adjacent to an activating group) is 1. The molecule has 0 bridgehead atoms. The van der Waals surface area contributed by atoms with Crippen LogP contribution in [0.25, 0.3) is 22.2 Å². The zero-order valence-corrected chi connectivity index (χ0v) is 16.2. The first-order valence-electron chi connectivity index (χ1n) is 9.36. The molecule has 1 aromatic heterocycles. The third-order valence-electron chi connectivity index (χ3n) is 5.02. The lowest BCUT2D eigenvalue weighted by atomic mass is 9.98. The second kappa shape index (κ2) is 9.36. The fourth-order valence-electron chi connectivity index (χ4n) is 3.45. The van der Waals surface area contributed by atoms with Gasteiger partial charge in [0.25, 0.3) is 0 Å². The summed E-state index contributed by atoms with van der Waals surface area (Å²) in [5.74, 6) is -3.65. The molecule has 3 aromatic rings. The Labute approximate surface area is 168 Å². The third kappa shape index (κ3) is 5.01. The standard InChI is InChI=1S/C20H22N2O.C2H2O4/c1-22-11-12-23-14-16(22)13-18-17-9-5-6-10-19(17)21-20(18)15-7-3-2-4-8-15;3-1(4)2(5)6/h2-10,16,21H,11-14H2,1H3;(H,3,4)(H,5,6). The monoisotopic (exact) mass is 396 g/mol. The zero-order valence-electron chi connectivity index (χ0n) is 16.2. The molecule has 0 aliphatic carbocycles. The van der Waals surface area contributed by atoms with Crippen LogP contribution in [-0.4, -0.2) is 64.9 Å². The number of carboxylic acid groups (broad SMARTS) is 2. The highest BCUT2D eigenvalue weighted by Gasteiger charge is 2.23. The van der Waals surface area contributed by atoms with E-state index in [9.17, 15) is 0 Å². The van der Waals surface area contributed by atoms with E-state index in [2.05, 4.69) is 71.5 Å². The van der Waals surface area contributed by atoms with Gasteiger partial charge >= 0.3 is 11.9 Å². The van der Waals surface area contributed by atoms with Gasteiger partial charge in [-0.25, -0.2) is 9.59 Å². The first kappa shape index (κ1) is 20.6. The second-order valence-corrected chi connectivity index (χ2v) is 6.91. The SMILES string of the molecule is CN1CCOCC1Cc1c(-c2ccccc2)[nH]c2ccccc12.O=C(O)C(=O)O. The number of carboxylic acids is 2. The summed E-state index contributed by atoms with van der Waals surface area (Å²) in [5.41, 5.74) is 5.10. The van der Waals surface area contributed by atoms with E-state index in [1.165, 1.54) is 27.7 Å². The van der Waals surface area contributed by atoms with E-state index in [0.29, 0.717) is 6.04 Å². The van der Waals surface area contributed by atoms with Crippen LogP contribution in [0.3, 0.4) is 0 Å². The van der Waals surface area contributed by atoms with E-state index in [-0.39, 0.29) is 0 Å². The van der Waals surface area contributed by atoms with E-state index in [4.69, 9.17) is 24.5 Å². The predicted octanol–water partition coefficient (Wildman–Crippen LogP) is 2.86. The summed E-state index contributed by atoms with van der Waals surface area (Å²) in [6.07, 6.45) is 1.00. The average molecular weight is 396 g/mol. The van der Waals surface area contributed by atoms with Crippen LogP contribution in [0.2, 0.25) is 0 Å². The molecule has 1 saturated heterocycles. The smallest absolute Gasteiger partial charge is 0.414 e. The fourth-order valence-corrected chi connectivity index (χ4v) is 3.45. The molecular weight excluding hydrogens is 372 g/mol. The quantitative estimate of drug-likeness (QED) is 0.589. The highest BCUT2D eigenvalue weighted by molar-refractivity contribution is 6.27. The molecule has 2 aromatic carbocycles. The molecule has 0 amide bonds. The van der Waals surface area contributed by atoms with Crippen molar-refractivity contribution in [1.29, 1.82) is 0 Å². The van der Waals surface area contributed by atoms with Gasteiger partial charge in [0.15, 0.2) is 0 Å². The van der Waals surface area contributed by atoms with Gasteiger partial charge in [0.1, 0.15) is 0 Å². The van der Waals surface area contributed by atoms with Crippen LogP contribution in [0.5, 0.6) is 0 Å². The number of aromatic amines is 1. The van der Waals surface area contributed by atoms with Crippen molar-refractivity contribution < 1.29 is 24.5 Å². The zero-order chi connectivity index (χ0) is 20.8. The average Bonchev–Trinajstić information content (AvgIpc) is 3.09. The Morgan fingerprint density at radius 1 is 1.07 bits per heavy atom. The van der Waals surface area contributed by atoms with Crippen molar-refractivity contribution in [2.75, 3.05) is 26.8 Å². The number of aliphatic carboxylic acids is 2. The molecule has 7 heteroatoms. The molecule has 152 valence electrons. The number of fused-ring (bicyclic) bond motifs is 1. The molecule has 3 N–H and O–H groups in total. The number of nitrogens with one attached hydrogen (secondary N) is 1. The summed E-state index contributed by atoms with van der Waals surface area (Å²) in [5, 5.41) is 16.1. The maximum absolute atomic E-state index is 9.10. The lowest BCUT2D eigenvalue weighted by molar-refractivity contribution is -0.159. The lowest BCUT2D eigenvalue weighted by Crippen LogP contribution is -2.44. The molecule has 4 rings (SSSR count). The number of para-hydroxylation sites is 1. The van der Waals surface area contributed by atoms with Crippen molar-refractivity contribution in [3.05, 3.63) is 60.2 Å². The van der Waals surface area contributed by atoms with Crippen molar-refractivity contribution in [1.82, 2.24) is 9.88 Å². The normalized spacial score (nSPS) is 16.8. The van der Waals surface area contributed by atoms with Crippen LogP contribution >= 0.6 is 0 Å². The van der Waals surface area contributed by atoms with Gasteiger partial charge in [-0.15, -0.1) is 0 Å². The third-order valence-corrected chi connectivity index (χ3v) is 5.02. The van der Waals surface area contributed by atoms with Crippen LogP contribution < -0.4 is 0 Å². The van der Waals surface area contributed by atoms with Crippen LogP contribution in [0.1, 0.15) is 5.56 Å². The Balaban J connectivity index is 0.000000353. The van der Waals surface area contributed by atoms with Crippen molar-refractivity contribution in [3.8, 4) is 11.3 Å². The van der Waals surface area contributed by atoms with Gasteiger partial charge in [0.2, 0.25) is 0 Å². The van der Waals surface area contributed by atoms with E-state index >= 15 is 0 Å². The molecule has 7 nitrogen and oxygen atoms in total. The van der Waals surface area contributed by atoms with Gasteiger partial charge < -0.3 is 19.9 Å². The number of morpholine rings is 1. The number of nitrogens with zero attached hydrogens (tertiary/aromatic N) is 1. The number of H-pyrrole nitrogens is 1. The predicted molar refractivity (Wildman–Crippen MR) is 110 cm³/mol. The van der Waals surface area contributed by atoms with Crippen LogP contribution in [0.4, 0.5) is 0 Å². The van der Waals surface area contributed by atoms with Gasteiger partial charge in [-0.3, -0.25) is 4.90 Å². The number of carbonyl (C=O) groups is 2. The van der Waals surface area contributed by atoms with E-state index < -0.39 is 11.9 Å². The second-order valence-electron chi connectivity index (χ2n) is 6.91. The molecular formula is C22H24N2O5. The number of ether oxygens (including phenoxy) is 1. The number of aromatic nitrogens is 1. The molecule has 1 atom stereocenters.